The molecule has 0 radical (unpaired) electrons. The van der Waals surface area contributed by atoms with Crippen LogP contribution in [0.5, 0.6) is 138 Å². The van der Waals surface area contributed by atoms with Crippen molar-refractivity contribution < 1.29 is 96.2 Å². The largest absolute Gasteiger partial charge is 0.457 e. The Morgan fingerprint density at radius 3 is 0.795 bits per heavy atom. The summed E-state index contributed by atoms with van der Waals surface area (Å²) in [7, 11) is 0. The van der Waals surface area contributed by atoms with Gasteiger partial charge in [0.15, 0.2) is 0 Å². The van der Waals surface area contributed by atoms with Gasteiger partial charge in [0.25, 0.3) is 25.2 Å². The van der Waals surface area contributed by atoms with E-state index in [0.29, 0.717) is 204 Å². The average molecular weight is 1500 g/mol. The highest BCUT2D eigenvalue weighted by atomic mass is 16.7. The van der Waals surface area contributed by atoms with Gasteiger partial charge in [-0.25, -0.2) is 0 Å². The minimum absolute atomic E-state index is 0.143. The lowest BCUT2D eigenvalue weighted by Gasteiger charge is -2.38. The van der Waals surface area contributed by atoms with Crippen molar-refractivity contribution in [3.8, 4) is 138 Å². The predicted molar refractivity (Wildman–Crippen MR) is 407 cm³/mol. The minimum Gasteiger partial charge on any atom is -0.457 e. The molecule has 9 aliphatic rings. The van der Waals surface area contributed by atoms with Crippen LogP contribution in [0.25, 0.3) is 0 Å². The summed E-state index contributed by atoms with van der Waals surface area (Å²) in [4.78, 5) is 0. The van der Waals surface area contributed by atoms with Crippen LogP contribution in [0, 0.1) is 0 Å². The summed E-state index contributed by atoms with van der Waals surface area (Å²) in [6.07, 6.45) is -2.51. The smallest absolute Gasteiger partial charge is 0.267 e. The van der Waals surface area contributed by atoms with Crippen molar-refractivity contribution >= 4 is 0 Å². The van der Waals surface area contributed by atoms with Crippen molar-refractivity contribution in [2.45, 2.75) is 101 Å². The van der Waals surface area contributed by atoms with E-state index in [1.54, 1.807) is 48.5 Å². The zero-order valence-electron chi connectivity index (χ0n) is 60.3. The number of rotatable bonds is 12. The summed E-state index contributed by atoms with van der Waals surface area (Å²) in [6.45, 7) is -0.686. The number of hydrogen-bond acceptors (Lipinski definition) is 20. The van der Waals surface area contributed by atoms with Crippen LogP contribution in [0.15, 0.2) is 212 Å². The third-order valence-electron chi connectivity index (χ3n) is 21.7. The minimum atomic E-state index is -1.37. The lowest BCUT2D eigenvalue weighted by molar-refractivity contribution is -0.0129. The molecule has 12 aromatic carbocycles. The quantitative estimate of drug-likeness (QED) is 0.0891. The molecule has 20 nitrogen and oxygen atoms in total. The molecule has 7 atom stereocenters. The van der Waals surface area contributed by atoms with E-state index in [1.165, 1.54) is 0 Å². The Hall–Kier alpha value is -12.7. The third kappa shape index (κ3) is 12.6. The second kappa shape index (κ2) is 27.7. The molecule has 8 aliphatic heterocycles. The van der Waals surface area contributed by atoms with Crippen LogP contribution in [0.4, 0.5) is 0 Å². The summed E-state index contributed by atoms with van der Waals surface area (Å²) >= 11 is 0. The highest BCUT2D eigenvalue weighted by Crippen LogP contribution is 2.59. The van der Waals surface area contributed by atoms with Gasteiger partial charge in [-0.3, -0.25) is 0 Å². The molecule has 1 aliphatic carbocycles. The first-order chi connectivity index (χ1) is 55.1. The number of aliphatic hydroxyl groups is 4. The van der Waals surface area contributed by atoms with Gasteiger partial charge in [-0.2, -0.15) is 0 Å². The molecule has 12 aromatic rings. The molecule has 8 heterocycles. The maximum absolute atomic E-state index is 11.3. The van der Waals surface area contributed by atoms with Crippen LogP contribution in [-0.4, -0.2) is 46.9 Å². The van der Waals surface area contributed by atoms with Gasteiger partial charge in [0.05, 0.1) is 0 Å². The van der Waals surface area contributed by atoms with E-state index < -0.39 is 42.9 Å². The Labute approximate surface area is 642 Å². The van der Waals surface area contributed by atoms with Crippen LogP contribution >= 0.6 is 0 Å². The summed E-state index contributed by atoms with van der Waals surface area (Å²) in [5, 5.41) is 45.0. The van der Waals surface area contributed by atoms with Crippen molar-refractivity contribution in [2.24, 2.45) is 0 Å². The summed E-state index contributed by atoms with van der Waals surface area (Å²) in [6, 6.07) is 65.5. The highest BCUT2D eigenvalue weighted by Gasteiger charge is 2.43. The molecule has 0 amide bonds. The molecule has 40 bridgehead atoms. The molecule has 21 rings (SSSR count). The SMILES string of the molecule is OCCCc1c2c3cc4c1OC1Oc5cc6c(cc5C4CCCO)C(CCCO)c4cc5c7cc4OC(O6)c4cc6cc(c4)Oc4cccc(c4)Oc4cc(cc1c4)Oc1cccc(c1)Oc1cc4cc(c1)C(Oc1cc(c(cc1C3CCCO)C5)OC(O7)c1cc(cc(c1)Oc1cccc(c1)O4)Oc1cccc(c1)O6)O2. The summed E-state index contributed by atoms with van der Waals surface area (Å²) < 4.78 is 118. The van der Waals surface area contributed by atoms with Crippen molar-refractivity contribution in [3.63, 3.8) is 0 Å². The number of benzene rings is 12. The Balaban J connectivity index is 0.959. The monoisotopic (exact) mass is 1500 g/mol. The predicted octanol–water partition coefficient (Wildman–Crippen LogP) is 20.7. The molecule has 0 spiro atoms. The van der Waals surface area contributed by atoms with Gasteiger partial charge >= 0.3 is 0 Å². The highest BCUT2D eigenvalue weighted by molar-refractivity contribution is 5.68. The van der Waals surface area contributed by atoms with Gasteiger partial charge in [0.1, 0.15) is 138 Å². The maximum atomic E-state index is 11.3. The van der Waals surface area contributed by atoms with Gasteiger partial charge in [-0.15, -0.1) is 0 Å². The zero-order valence-corrected chi connectivity index (χ0v) is 60.3. The molecule has 560 valence electrons. The van der Waals surface area contributed by atoms with E-state index in [2.05, 4.69) is 24.3 Å². The van der Waals surface area contributed by atoms with Crippen LogP contribution in [0.3, 0.4) is 0 Å². The Morgan fingerprint density at radius 2 is 0.491 bits per heavy atom. The molecule has 0 saturated heterocycles. The molecule has 112 heavy (non-hydrogen) atoms. The fraction of sp³-hybridized carbons (Fsp3) is 0.217. The maximum Gasteiger partial charge on any atom is 0.267 e. The molecule has 0 fully saturated rings. The fourth-order valence-electron chi connectivity index (χ4n) is 16.8. The first-order valence-electron chi connectivity index (χ1n) is 38.0. The van der Waals surface area contributed by atoms with Gasteiger partial charge in [0, 0.05) is 179 Å². The number of fused-ring (bicyclic) bond motifs is 16. The Morgan fingerprint density at radius 1 is 0.241 bits per heavy atom. The average Bonchev–Trinajstić information content (AvgIpc) is 0.724. The lowest BCUT2D eigenvalue weighted by Crippen LogP contribution is -2.26. The summed E-state index contributed by atoms with van der Waals surface area (Å²) in [5.41, 5.74) is 8.38. The van der Waals surface area contributed by atoms with E-state index >= 15 is 0 Å². The van der Waals surface area contributed by atoms with Crippen LogP contribution in [-0.2, 0) is 12.8 Å². The van der Waals surface area contributed by atoms with E-state index in [-0.39, 0.29) is 45.7 Å². The van der Waals surface area contributed by atoms with Crippen molar-refractivity contribution in [1.29, 1.82) is 0 Å². The number of ether oxygens (including phenoxy) is 16. The van der Waals surface area contributed by atoms with Crippen molar-refractivity contribution in [2.75, 3.05) is 26.4 Å². The normalized spacial score (nSPS) is 19.1. The van der Waals surface area contributed by atoms with Gasteiger partial charge in [-0.1, -0.05) is 24.3 Å². The van der Waals surface area contributed by atoms with Crippen LogP contribution in [0.1, 0.15) is 160 Å². The Bertz CT molecular complexity index is 5680. The van der Waals surface area contributed by atoms with Gasteiger partial charge in [-0.05, 0) is 184 Å². The topological polar surface area (TPSA) is 229 Å². The van der Waals surface area contributed by atoms with Crippen molar-refractivity contribution in [3.05, 3.63) is 285 Å². The number of hydrogen-bond donors (Lipinski definition) is 4. The van der Waals surface area contributed by atoms with Crippen LogP contribution < -0.4 is 75.8 Å². The molecule has 4 N–H and O–H groups in total. The van der Waals surface area contributed by atoms with E-state index in [4.69, 9.17) is 75.8 Å². The standard InChI is InChI=1S/C92H72O20/c93-21-5-17-71-75-34-49-25-50-35-76-72(18-6-22-94)79-45-80-73(19-7-23-95)78-44-77(71)85-48-86(78)110-92-54-32-69-43-70(33-54)104-62-16-4-15-61(39-62)102-68-31-53-30-67(42-68)101-59-13-2-10-56(37-59)98-64-27-51-26-63(40-64)97-55-9-1-11-57(36-55)99-65-28-52(29-66(41-65)100-58-12-3-14-60(38-58)103-69)90(108-85)107-83(75)46-81(49)105-89(51)106-82(50)47-84(76)109-91(53)111-87(79)74(20-8-24-96)88(80)112-92/h1-4,9-16,26-48,71-73,89-96H,5-8,17-25H2. The third-order valence-corrected chi connectivity index (χ3v) is 21.7. The molecule has 0 saturated carbocycles. The lowest BCUT2D eigenvalue weighted by atomic mass is 9.76. The second-order valence-corrected chi connectivity index (χ2v) is 29.3. The first kappa shape index (κ1) is 67.4. The Kier molecular flexibility index (Phi) is 16.7. The van der Waals surface area contributed by atoms with Crippen molar-refractivity contribution in [1.82, 2.24) is 0 Å². The molecular weight excluding hydrogens is 1420 g/mol. The van der Waals surface area contributed by atoms with Gasteiger partial charge < -0.3 is 96.2 Å². The fourth-order valence-corrected chi connectivity index (χ4v) is 16.8. The molecule has 7 unspecified atom stereocenters. The summed E-state index contributed by atoms with van der Waals surface area (Å²) in [5.74, 6) is 7.24. The first-order valence-corrected chi connectivity index (χ1v) is 38.0. The van der Waals surface area contributed by atoms with E-state index in [0.717, 1.165) is 44.5 Å². The van der Waals surface area contributed by atoms with Crippen LogP contribution in [0.2, 0.25) is 0 Å². The molecular formula is C92H72O20. The zero-order chi connectivity index (χ0) is 74.7. The second-order valence-electron chi connectivity index (χ2n) is 29.3. The molecule has 0 aromatic heterocycles. The van der Waals surface area contributed by atoms with E-state index in [1.807, 2.05) is 140 Å². The van der Waals surface area contributed by atoms with E-state index in [9.17, 15) is 20.4 Å². The van der Waals surface area contributed by atoms with Gasteiger partial charge in [0.2, 0.25) is 0 Å². The molecule has 20 heteroatoms. The number of aliphatic hydroxyl groups excluding tert-OH is 4.